The first-order valence-corrected chi connectivity index (χ1v) is 10.3. The van der Waals surface area contributed by atoms with Gasteiger partial charge in [-0.2, -0.15) is 9.78 Å². The number of likely N-dealkylation sites (N-methyl/N-ethyl adjacent to an activating group) is 1. The highest BCUT2D eigenvalue weighted by Crippen LogP contribution is 2.22. The summed E-state index contributed by atoms with van der Waals surface area (Å²) < 4.78 is 6.65. The van der Waals surface area contributed by atoms with Crippen molar-refractivity contribution in [3.8, 4) is 11.4 Å². The zero-order valence-electron chi connectivity index (χ0n) is 17.3. The lowest BCUT2D eigenvalue weighted by molar-refractivity contribution is 0.0936. The zero-order valence-corrected chi connectivity index (χ0v) is 17.3. The van der Waals surface area contributed by atoms with Crippen LogP contribution >= 0.6 is 0 Å². The van der Waals surface area contributed by atoms with Gasteiger partial charge < -0.3 is 10.1 Å². The Morgan fingerprint density at radius 1 is 1.17 bits per heavy atom. The Kier molecular flexibility index (Phi) is 5.81. The maximum absolute atomic E-state index is 13.1. The lowest BCUT2D eigenvalue weighted by Crippen LogP contribution is -2.40. The first-order chi connectivity index (χ1) is 14.6. The Morgan fingerprint density at radius 2 is 1.90 bits per heavy atom. The van der Waals surface area contributed by atoms with Gasteiger partial charge in [-0.15, -0.1) is 0 Å². The van der Waals surface area contributed by atoms with E-state index in [1.54, 1.807) is 43.5 Å². The molecule has 1 unspecified atom stereocenters. The van der Waals surface area contributed by atoms with Crippen LogP contribution in [0, 0.1) is 0 Å². The molecule has 0 radical (unpaired) electrons. The summed E-state index contributed by atoms with van der Waals surface area (Å²) in [5.74, 6) is 0.232. The number of hydrogen-bond donors (Lipinski definition) is 1. The molecule has 4 rings (SSSR count). The number of hydrogen-bond acceptors (Lipinski definition) is 5. The lowest BCUT2D eigenvalue weighted by atomic mass is 10.1. The first kappa shape index (κ1) is 20.1. The second kappa shape index (κ2) is 8.67. The van der Waals surface area contributed by atoms with Gasteiger partial charge in [-0.1, -0.05) is 37.3 Å². The minimum atomic E-state index is -0.292. The molecule has 1 aliphatic heterocycles. The number of amides is 1. The molecule has 0 aliphatic carbocycles. The van der Waals surface area contributed by atoms with Crippen LogP contribution in [0.5, 0.6) is 5.75 Å². The van der Waals surface area contributed by atoms with Gasteiger partial charge in [0, 0.05) is 18.0 Å². The Labute approximate surface area is 175 Å². The molecule has 0 saturated carbocycles. The van der Waals surface area contributed by atoms with Crippen LogP contribution in [-0.4, -0.2) is 53.4 Å². The highest BCUT2D eigenvalue weighted by Gasteiger charge is 2.25. The van der Waals surface area contributed by atoms with E-state index in [1.807, 2.05) is 12.1 Å². The van der Waals surface area contributed by atoms with E-state index >= 15 is 0 Å². The first-order valence-electron chi connectivity index (χ1n) is 10.3. The van der Waals surface area contributed by atoms with Crippen LogP contribution in [0.4, 0.5) is 0 Å². The van der Waals surface area contributed by atoms with Gasteiger partial charge in [0.15, 0.2) is 5.69 Å². The van der Waals surface area contributed by atoms with Crippen molar-refractivity contribution in [2.24, 2.45) is 0 Å². The number of ether oxygens (including phenoxy) is 1. The number of carbonyl (C=O) groups excluding carboxylic acids is 1. The summed E-state index contributed by atoms with van der Waals surface area (Å²) in [4.78, 5) is 28.6. The van der Waals surface area contributed by atoms with Crippen molar-refractivity contribution in [3.05, 3.63) is 64.6 Å². The second-order valence-corrected chi connectivity index (χ2v) is 7.42. The van der Waals surface area contributed by atoms with E-state index in [9.17, 15) is 9.59 Å². The molecule has 1 aliphatic rings. The van der Waals surface area contributed by atoms with E-state index in [-0.39, 0.29) is 17.2 Å². The molecular weight excluding hydrogens is 380 g/mol. The van der Waals surface area contributed by atoms with Crippen LogP contribution in [0.3, 0.4) is 0 Å². The molecule has 1 N–H and O–H groups in total. The average Bonchev–Trinajstić information content (AvgIpc) is 3.25. The number of methoxy groups -OCH3 is 1. The lowest BCUT2D eigenvalue weighted by Gasteiger charge is -2.23. The monoisotopic (exact) mass is 406 g/mol. The summed E-state index contributed by atoms with van der Waals surface area (Å²) >= 11 is 0. The van der Waals surface area contributed by atoms with Crippen molar-refractivity contribution in [1.29, 1.82) is 0 Å². The van der Waals surface area contributed by atoms with Crippen LogP contribution in [0.15, 0.2) is 53.3 Å². The molecule has 1 atom stereocenters. The van der Waals surface area contributed by atoms with Crippen LogP contribution in [0.25, 0.3) is 16.5 Å². The van der Waals surface area contributed by atoms with Crippen molar-refractivity contribution >= 4 is 16.7 Å². The summed E-state index contributed by atoms with van der Waals surface area (Å²) in [6.45, 7) is 4.74. The van der Waals surface area contributed by atoms with Gasteiger partial charge in [-0.05, 0) is 44.1 Å². The maximum Gasteiger partial charge on any atom is 0.279 e. The molecule has 2 heterocycles. The predicted molar refractivity (Wildman–Crippen MR) is 116 cm³/mol. The number of aromatic nitrogens is 2. The van der Waals surface area contributed by atoms with E-state index in [0.717, 1.165) is 25.9 Å². The largest absolute Gasteiger partial charge is 0.494 e. The number of likely N-dealkylation sites (tertiary alicyclic amines) is 1. The number of fused-ring (bicyclic) bond motifs is 1. The Morgan fingerprint density at radius 3 is 2.67 bits per heavy atom. The summed E-state index contributed by atoms with van der Waals surface area (Å²) in [6, 6.07) is 14.6. The smallest absolute Gasteiger partial charge is 0.279 e. The SMILES string of the molecule is CCN1CCCC1CNC(=O)c1nn(-c2ccccc2OC)c(=O)c2ccccc12. The van der Waals surface area contributed by atoms with Gasteiger partial charge in [0.1, 0.15) is 11.4 Å². The van der Waals surface area contributed by atoms with Crippen LogP contribution in [0.1, 0.15) is 30.3 Å². The molecule has 1 amide bonds. The highest BCUT2D eigenvalue weighted by atomic mass is 16.5. The summed E-state index contributed by atoms with van der Waals surface area (Å²) in [5.41, 5.74) is 0.439. The van der Waals surface area contributed by atoms with Crippen LogP contribution in [0.2, 0.25) is 0 Å². The van der Waals surface area contributed by atoms with Crippen molar-refractivity contribution in [1.82, 2.24) is 20.0 Å². The van der Waals surface area contributed by atoms with Crippen molar-refractivity contribution in [2.75, 3.05) is 26.7 Å². The van der Waals surface area contributed by atoms with Crippen LogP contribution < -0.4 is 15.6 Å². The minimum absolute atomic E-state index is 0.233. The van der Waals surface area contributed by atoms with Crippen molar-refractivity contribution in [2.45, 2.75) is 25.8 Å². The van der Waals surface area contributed by atoms with Gasteiger partial charge in [0.25, 0.3) is 11.5 Å². The predicted octanol–water partition coefficient (Wildman–Crippen LogP) is 2.61. The van der Waals surface area contributed by atoms with Crippen LogP contribution in [-0.2, 0) is 0 Å². The van der Waals surface area contributed by atoms with Crippen molar-refractivity contribution in [3.63, 3.8) is 0 Å². The molecule has 7 heteroatoms. The third-order valence-electron chi connectivity index (χ3n) is 5.74. The minimum Gasteiger partial charge on any atom is -0.494 e. The molecule has 156 valence electrons. The molecular formula is C23H26N4O3. The van der Waals surface area contributed by atoms with Gasteiger partial charge >= 0.3 is 0 Å². The summed E-state index contributed by atoms with van der Waals surface area (Å²) in [5, 5.41) is 8.49. The molecule has 1 fully saturated rings. The van der Waals surface area contributed by atoms with Gasteiger partial charge in [-0.25, -0.2) is 0 Å². The number of rotatable bonds is 6. The van der Waals surface area contributed by atoms with E-state index in [0.29, 0.717) is 34.8 Å². The average molecular weight is 406 g/mol. The molecule has 30 heavy (non-hydrogen) atoms. The number of nitrogens with zero attached hydrogens (tertiary/aromatic N) is 3. The number of para-hydroxylation sites is 2. The molecule has 1 aromatic heterocycles. The third kappa shape index (κ3) is 3.68. The number of nitrogens with one attached hydrogen (secondary N) is 1. The van der Waals surface area contributed by atoms with E-state index < -0.39 is 0 Å². The Balaban J connectivity index is 1.75. The topological polar surface area (TPSA) is 76.5 Å². The van der Waals surface area contributed by atoms with Gasteiger partial charge in [0.05, 0.1) is 12.5 Å². The standard InChI is InChI=1S/C23H26N4O3/c1-3-26-14-8-9-16(26)15-24-22(28)21-17-10-4-5-11-18(17)23(29)27(25-21)19-12-6-7-13-20(19)30-2/h4-7,10-13,16H,3,8-9,14-15H2,1-2H3,(H,24,28). The zero-order chi connectivity index (χ0) is 21.1. The fraction of sp³-hybridized carbons (Fsp3) is 0.348. The van der Waals surface area contributed by atoms with Crippen molar-refractivity contribution < 1.29 is 9.53 Å². The molecule has 1 saturated heterocycles. The van der Waals surface area contributed by atoms with E-state index in [2.05, 4.69) is 22.2 Å². The normalized spacial score (nSPS) is 16.7. The fourth-order valence-electron chi connectivity index (χ4n) is 4.16. The van der Waals surface area contributed by atoms with E-state index in [1.165, 1.54) is 4.68 Å². The third-order valence-corrected chi connectivity index (χ3v) is 5.74. The molecule has 3 aromatic rings. The second-order valence-electron chi connectivity index (χ2n) is 7.42. The molecule has 2 aromatic carbocycles. The van der Waals surface area contributed by atoms with Gasteiger partial charge in [-0.3, -0.25) is 14.5 Å². The molecule has 0 spiro atoms. The maximum atomic E-state index is 13.1. The highest BCUT2D eigenvalue weighted by molar-refractivity contribution is 6.04. The number of benzene rings is 2. The van der Waals surface area contributed by atoms with E-state index in [4.69, 9.17) is 4.74 Å². The number of carbonyl (C=O) groups is 1. The molecule has 0 bridgehead atoms. The summed E-state index contributed by atoms with van der Waals surface area (Å²) in [7, 11) is 1.54. The Bertz CT molecular complexity index is 1120. The quantitative estimate of drug-likeness (QED) is 0.681. The molecule has 7 nitrogen and oxygen atoms in total. The Hall–Kier alpha value is -3.19. The fourth-order valence-corrected chi connectivity index (χ4v) is 4.16. The summed E-state index contributed by atoms with van der Waals surface area (Å²) in [6.07, 6.45) is 2.22. The van der Waals surface area contributed by atoms with Gasteiger partial charge in [0.2, 0.25) is 0 Å².